The van der Waals surface area contributed by atoms with E-state index >= 15 is 0 Å². The summed E-state index contributed by atoms with van der Waals surface area (Å²) in [6, 6.07) is 5.71. The maximum Gasteiger partial charge on any atom is 0.573 e. The fourth-order valence-corrected chi connectivity index (χ4v) is 4.75. The number of nitrogens with zero attached hydrogens (tertiary/aromatic N) is 4. The summed E-state index contributed by atoms with van der Waals surface area (Å²) in [6.07, 6.45) is 2.09. The Morgan fingerprint density at radius 2 is 1.71 bits per heavy atom. The van der Waals surface area contributed by atoms with Crippen molar-refractivity contribution >= 4 is 23.5 Å². The molecule has 0 unspecified atom stereocenters. The van der Waals surface area contributed by atoms with Crippen LogP contribution in [0.3, 0.4) is 0 Å². The minimum Gasteiger partial charge on any atom is -0.406 e. The van der Waals surface area contributed by atoms with Crippen LogP contribution in [-0.2, 0) is 11.3 Å². The standard InChI is InChI=1S/C24H23F3N4O4/c25-24(26,27)35-18-6-4-17(5-7-18)31-21(33)23(9-10-23)30(22(31)34)15-16-8-11-28-14-19(16)20(32)29-12-2-1-3-13-29/h4-8,11,14H,1-3,9-10,12-13,15H2. The van der Waals surface area contributed by atoms with Crippen molar-refractivity contribution in [2.75, 3.05) is 18.0 Å². The fraction of sp³-hybridized carbons (Fsp3) is 0.417. The van der Waals surface area contributed by atoms with Crippen LogP contribution in [-0.4, -0.2) is 57.6 Å². The number of amides is 4. The van der Waals surface area contributed by atoms with Crippen LogP contribution in [0.2, 0.25) is 0 Å². The molecule has 1 saturated carbocycles. The zero-order valence-electron chi connectivity index (χ0n) is 18.8. The van der Waals surface area contributed by atoms with E-state index in [1.807, 2.05) is 0 Å². The number of benzene rings is 1. The third kappa shape index (κ3) is 4.30. The summed E-state index contributed by atoms with van der Waals surface area (Å²) < 4.78 is 41.3. The number of carbonyl (C=O) groups excluding carboxylic acids is 3. The average Bonchev–Trinajstić information content (AvgIpc) is 3.61. The van der Waals surface area contributed by atoms with Gasteiger partial charge in [-0.05, 0) is 68.0 Å². The van der Waals surface area contributed by atoms with Crippen molar-refractivity contribution in [2.24, 2.45) is 0 Å². The number of aromatic nitrogens is 1. The minimum atomic E-state index is -4.84. The van der Waals surface area contributed by atoms with Crippen LogP contribution in [0.5, 0.6) is 5.75 Å². The van der Waals surface area contributed by atoms with E-state index in [0.29, 0.717) is 37.1 Å². The zero-order chi connectivity index (χ0) is 24.8. The topological polar surface area (TPSA) is 83.0 Å². The Hall–Kier alpha value is -3.63. The van der Waals surface area contributed by atoms with Crippen molar-refractivity contribution in [1.29, 1.82) is 0 Å². The van der Waals surface area contributed by atoms with Gasteiger partial charge >= 0.3 is 12.4 Å². The van der Waals surface area contributed by atoms with Gasteiger partial charge in [0.25, 0.3) is 11.8 Å². The molecule has 3 heterocycles. The largest absolute Gasteiger partial charge is 0.573 e. The van der Waals surface area contributed by atoms with Gasteiger partial charge in [-0.3, -0.25) is 14.6 Å². The van der Waals surface area contributed by atoms with E-state index < -0.39 is 29.6 Å². The average molecular weight is 488 g/mol. The molecule has 2 aromatic rings. The lowest BCUT2D eigenvalue weighted by molar-refractivity contribution is -0.274. The molecular formula is C24H23F3N4O4. The Bertz CT molecular complexity index is 1160. The summed E-state index contributed by atoms with van der Waals surface area (Å²) in [6.45, 7) is 1.38. The molecule has 0 radical (unpaired) electrons. The third-order valence-corrected chi connectivity index (χ3v) is 6.71. The van der Waals surface area contributed by atoms with Gasteiger partial charge in [0.1, 0.15) is 11.3 Å². The van der Waals surface area contributed by atoms with Crippen molar-refractivity contribution in [3.63, 3.8) is 0 Å². The Morgan fingerprint density at radius 3 is 2.34 bits per heavy atom. The van der Waals surface area contributed by atoms with Gasteiger partial charge in [0.05, 0.1) is 11.3 Å². The maximum absolute atomic E-state index is 13.4. The van der Waals surface area contributed by atoms with Gasteiger partial charge in [0.15, 0.2) is 0 Å². The van der Waals surface area contributed by atoms with Crippen molar-refractivity contribution in [3.8, 4) is 5.75 Å². The first-order valence-electron chi connectivity index (χ1n) is 11.4. The second-order valence-electron chi connectivity index (χ2n) is 8.97. The van der Waals surface area contributed by atoms with Crippen LogP contribution in [0.1, 0.15) is 48.0 Å². The van der Waals surface area contributed by atoms with Crippen molar-refractivity contribution in [2.45, 2.75) is 50.6 Å². The van der Waals surface area contributed by atoms with Crippen molar-refractivity contribution < 1.29 is 32.3 Å². The molecule has 0 N–H and O–H groups in total. The first-order chi connectivity index (χ1) is 16.7. The molecule has 2 aliphatic heterocycles. The highest BCUT2D eigenvalue weighted by Gasteiger charge is 2.65. The number of carbonyl (C=O) groups is 3. The summed E-state index contributed by atoms with van der Waals surface area (Å²) in [5.74, 6) is -1.02. The number of hydrogen-bond acceptors (Lipinski definition) is 5. The predicted octanol–water partition coefficient (Wildman–Crippen LogP) is 4.11. The fourth-order valence-electron chi connectivity index (χ4n) is 4.75. The highest BCUT2D eigenvalue weighted by Crippen LogP contribution is 2.50. The summed E-state index contributed by atoms with van der Waals surface area (Å²) in [5.41, 5.74) is 0.145. The van der Waals surface area contributed by atoms with Crippen LogP contribution < -0.4 is 9.64 Å². The van der Waals surface area contributed by atoms with Crippen LogP contribution in [0, 0.1) is 0 Å². The Labute approximate surface area is 199 Å². The van der Waals surface area contributed by atoms with E-state index in [4.69, 9.17) is 0 Å². The lowest BCUT2D eigenvalue weighted by Gasteiger charge is -2.28. The molecule has 1 aromatic heterocycles. The predicted molar refractivity (Wildman–Crippen MR) is 118 cm³/mol. The van der Waals surface area contributed by atoms with Gasteiger partial charge < -0.3 is 14.5 Å². The highest BCUT2D eigenvalue weighted by atomic mass is 19.4. The number of rotatable bonds is 5. The highest BCUT2D eigenvalue weighted by molar-refractivity contribution is 6.24. The van der Waals surface area contributed by atoms with Crippen LogP contribution in [0.15, 0.2) is 42.7 Å². The summed E-state index contributed by atoms with van der Waals surface area (Å²) >= 11 is 0. The number of alkyl halides is 3. The molecule has 1 aliphatic carbocycles. The molecule has 5 rings (SSSR count). The Morgan fingerprint density at radius 1 is 1.03 bits per heavy atom. The van der Waals surface area contributed by atoms with Crippen LogP contribution in [0.25, 0.3) is 0 Å². The van der Waals surface area contributed by atoms with E-state index in [9.17, 15) is 27.6 Å². The maximum atomic E-state index is 13.4. The molecule has 3 aliphatic rings. The summed E-state index contributed by atoms with van der Waals surface area (Å²) in [5, 5.41) is 0. The monoisotopic (exact) mass is 488 g/mol. The van der Waals surface area contributed by atoms with Gasteiger partial charge in [-0.1, -0.05) is 0 Å². The van der Waals surface area contributed by atoms with E-state index in [1.54, 1.807) is 17.2 Å². The normalized spacial score (nSPS) is 19.5. The molecular weight excluding hydrogens is 465 g/mol. The summed E-state index contributed by atoms with van der Waals surface area (Å²) in [7, 11) is 0. The van der Waals surface area contributed by atoms with Gasteiger partial charge in [-0.25, -0.2) is 9.69 Å². The molecule has 11 heteroatoms. The number of ether oxygens (including phenoxy) is 1. The number of halogens is 3. The lowest BCUT2D eigenvalue weighted by Crippen LogP contribution is -2.39. The minimum absolute atomic E-state index is 0.0494. The molecule has 4 amide bonds. The number of anilines is 1. The Kier molecular flexibility index (Phi) is 5.65. The number of hydrogen-bond donors (Lipinski definition) is 0. The molecule has 1 aromatic carbocycles. The number of urea groups is 1. The first kappa shape index (κ1) is 23.1. The third-order valence-electron chi connectivity index (χ3n) is 6.71. The molecule has 3 fully saturated rings. The van der Waals surface area contributed by atoms with Crippen LogP contribution >= 0.6 is 0 Å². The molecule has 0 atom stereocenters. The summed E-state index contributed by atoms with van der Waals surface area (Å²) in [4.78, 5) is 48.1. The molecule has 1 spiro atoms. The number of piperidine rings is 1. The van der Waals surface area contributed by atoms with Gasteiger partial charge in [0, 0.05) is 32.0 Å². The van der Waals surface area contributed by atoms with Gasteiger partial charge in [0.2, 0.25) is 0 Å². The molecule has 35 heavy (non-hydrogen) atoms. The zero-order valence-corrected chi connectivity index (χ0v) is 18.8. The first-order valence-corrected chi connectivity index (χ1v) is 11.4. The van der Waals surface area contributed by atoms with E-state index in [1.165, 1.54) is 23.2 Å². The SMILES string of the molecule is O=C(c1cnccc1CN1C(=O)N(c2ccc(OC(F)(F)F)cc2)C(=O)C12CC2)N1CCCCC1. The number of imide groups is 1. The van der Waals surface area contributed by atoms with Gasteiger partial charge in [-0.2, -0.15) is 0 Å². The van der Waals surface area contributed by atoms with Crippen LogP contribution in [0.4, 0.5) is 23.7 Å². The second kappa shape index (κ2) is 8.54. The van der Waals surface area contributed by atoms with Crippen molar-refractivity contribution in [1.82, 2.24) is 14.8 Å². The molecule has 0 bridgehead atoms. The molecule has 2 saturated heterocycles. The van der Waals surface area contributed by atoms with E-state index in [0.717, 1.165) is 36.3 Å². The second-order valence-corrected chi connectivity index (χ2v) is 8.97. The van der Waals surface area contributed by atoms with E-state index in [-0.39, 0.29) is 18.1 Å². The smallest absolute Gasteiger partial charge is 0.406 e. The number of likely N-dealkylation sites (tertiary alicyclic amines) is 1. The Balaban J connectivity index is 1.39. The van der Waals surface area contributed by atoms with Gasteiger partial charge in [-0.15, -0.1) is 13.2 Å². The quantitative estimate of drug-likeness (QED) is 0.592. The number of pyridine rings is 1. The molecule has 184 valence electrons. The van der Waals surface area contributed by atoms with E-state index in [2.05, 4.69) is 9.72 Å². The molecule has 8 nitrogen and oxygen atoms in total. The van der Waals surface area contributed by atoms with Crippen molar-refractivity contribution in [3.05, 3.63) is 53.9 Å². The lowest BCUT2D eigenvalue weighted by atomic mass is 10.1.